The molecule has 3 rings (SSSR count). The van der Waals surface area contributed by atoms with Crippen LogP contribution in [0.25, 0.3) is 16.7 Å². The smallest absolute Gasteiger partial charge is 0.338 e. The fraction of sp³-hybridized carbons (Fsp3) is 0. The van der Waals surface area contributed by atoms with Crippen molar-refractivity contribution in [1.82, 2.24) is 14.8 Å². The Morgan fingerprint density at radius 1 is 1.35 bits per heavy atom. The normalized spacial score (nSPS) is 10.3. The van der Waals surface area contributed by atoms with E-state index in [1.807, 2.05) is 18.2 Å². The lowest BCUT2D eigenvalue weighted by Crippen LogP contribution is -2.00. The lowest BCUT2D eigenvalue weighted by molar-refractivity contribution is 0.0697. The number of carbonyl (C=O) groups is 1. The monoisotopic (exact) mass is 264 g/mol. The minimum Gasteiger partial charge on any atom is -0.478 e. The van der Waals surface area contributed by atoms with Crippen molar-refractivity contribution in [3.05, 3.63) is 53.9 Å². The maximum absolute atomic E-state index is 10.9. The number of para-hydroxylation sites is 1. The van der Waals surface area contributed by atoms with E-state index in [1.165, 1.54) is 17.1 Å². The molecule has 0 aliphatic rings. The van der Waals surface area contributed by atoms with E-state index in [0.29, 0.717) is 16.9 Å². The third-order valence-electron chi connectivity index (χ3n) is 2.89. The number of aromatic carboxylic acids is 1. The fourth-order valence-electron chi connectivity index (χ4n) is 1.93. The maximum atomic E-state index is 10.9. The number of pyridine rings is 1. The Labute approximate surface area is 113 Å². The molecule has 2 aromatic heterocycles. The van der Waals surface area contributed by atoms with Crippen molar-refractivity contribution in [2.75, 3.05) is 0 Å². The van der Waals surface area contributed by atoms with Gasteiger partial charge in [0.15, 0.2) is 5.82 Å². The minimum atomic E-state index is -1.06. The SMILES string of the molecule is N#Cc1cc(-n2cc(C(=O)O)cn2)nc2ccccc12. The average Bonchev–Trinajstić information content (AvgIpc) is 2.96. The van der Waals surface area contributed by atoms with Crippen LogP contribution in [0.5, 0.6) is 0 Å². The van der Waals surface area contributed by atoms with Gasteiger partial charge in [-0.3, -0.25) is 0 Å². The average molecular weight is 264 g/mol. The topological polar surface area (TPSA) is 91.8 Å². The molecule has 2 heterocycles. The van der Waals surface area contributed by atoms with Crippen LogP contribution in [0.1, 0.15) is 15.9 Å². The van der Waals surface area contributed by atoms with Crippen molar-refractivity contribution in [3.63, 3.8) is 0 Å². The van der Waals surface area contributed by atoms with Gasteiger partial charge in [0.1, 0.15) is 0 Å². The lowest BCUT2D eigenvalue weighted by atomic mass is 10.1. The predicted molar refractivity (Wildman–Crippen MR) is 70.5 cm³/mol. The zero-order chi connectivity index (χ0) is 14.1. The zero-order valence-corrected chi connectivity index (χ0v) is 10.2. The second-order valence-electron chi connectivity index (χ2n) is 4.14. The summed E-state index contributed by atoms with van der Waals surface area (Å²) in [5.74, 6) is -0.648. The molecule has 0 amide bonds. The summed E-state index contributed by atoms with van der Waals surface area (Å²) in [6, 6.07) is 11.0. The Kier molecular flexibility index (Phi) is 2.66. The number of carboxylic acids is 1. The highest BCUT2D eigenvalue weighted by Gasteiger charge is 2.10. The molecule has 0 aliphatic heterocycles. The Hall–Kier alpha value is -3.20. The molecule has 0 atom stereocenters. The van der Waals surface area contributed by atoms with Gasteiger partial charge >= 0.3 is 5.97 Å². The van der Waals surface area contributed by atoms with Crippen LogP contribution in [0.4, 0.5) is 0 Å². The molecule has 0 bridgehead atoms. The van der Waals surface area contributed by atoms with Gasteiger partial charge in [-0.05, 0) is 6.07 Å². The number of rotatable bonds is 2. The first-order valence-electron chi connectivity index (χ1n) is 5.77. The molecule has 0 aliphatic carbocycles. The molecule has 0 spiro atoms. The predicted octanol–water partition coefficient (Wildman–Crippen LogP) is 1.99. The van der Waals surface area contributed by atoms with E-state index in [1.54, 1.807) is 12.1 Å². The van der Waals surface area contributed by atoms with Gasteiger partial charge < -0.3 is 5.11 Å². The Morgan fingerprint density at radius 3 is 2.85 bits per heavy atom. The molecule has 96 valence electrons. The summed E-state index contributed by atoms with van der Waals surface area (Å²) in [6.45, 7) is 0. The van der Waals surface area contributed by atoms with Gasteiger partial charge in [-0.25, -0.2) is 14.5 Å². The van der Waals surface area contributed by atoms with Crippen molar-refractivity contribution >= 4 is 16.9 Å². The third kappa shape index (κ3) is 1.87. The number of nitriles is 1. The highest BCUT2D eigenvalue weighted by molar-refractivity contribution is 5.87. The molecule has 1 N–H and O–H groups in total. The van der Waals surface area contributed by atoms with Gasteiger partial charge in [0.25, 0.3) is 0 Å². The van der Waals surface area contributed by atoms with Gasteiger partial charge in [-0.15, -0.1) is 0 Å². The summed E-state index contributed by atoms with van der Waals surface area (Å²) in [5, 5.41) is 22.8. The molecule has 6 nitrogen and oxygen atoms in total. The molecule has 0 saturated heterocycles. The molecular weight excluding hydrogens is 256 g/mol. The Morgan fingerprint density at radius 2 is 2.15 bits per heavy atom. The molecule has 0 unspecified atom stereocenters. The highest BCUT2D eigenvalue weighted by Crippen LogP contribution is 2.19. The van der Waals surface area contributed by atoms with Gasteiger partial charge in [0.05, 0.1) is 28.9 Å². The summed E-state index contributed by atoms with van der Waals surface area (Å²) in [4.78, 5) is 15.2. The molecule has 3 aromatic rings. The van der Waals surface area contributed by atoms with Gasteiger partial charge in [-0.2, -0.15) is 10.4 Å². The fourth-order valence-corrected chi connectivity index (χ4v) is 1.93. The van der Waals surface area contributed by atoms with E-state index in [9.17, 15) is 10.1 Å². The van der Waals surface area contributed by atoms with Crippen molar-refractivity contribution in [2.45, 2.75) is 0 Å². The van der Waals surface area contributed by atoms with Gasteiger partial charge in [0, 0.05) is 17.6 Å². The highest BCUT2D eigenvalue weighted by atomic mass is 16.4. The second-order valence-corrected chi connectivity index (χ2v) is 4.14. The molecule has 0 saturated carbocycles. The molecule has 0 radical (unpaired) electrons. The quantitative estimate of drug-likeness (QED) is 0.764. The molecular formula is C14H8N4O2. The number of carboxylic acid groups (broad SMARTS) is 1. The number of benzene rings is 1. The molecule has 0 fully saturated rings. The summed E-state index contributed by atoms with van der Waals surface area (Å²) in [5.41, 5.74) is 1.20. The van der Waals surface area contributed by atoms with E-state index in [-0.39, 0.29) is 5.56 Å². The first-order chi connectivity index (χ1) is 9.69. The van der Waals surface area contributed by atoms with Crippen LogP contribution in [0.2, 0.25) is 0 Å². The van der Waals surface area contributed by atoms with Crippen LogP contribution < -0.4 is 0 Å². The number of nitrogens with zero attached hydrogens (tertiary/aromatic N) is 4. The van der Waals surface area contributed by atoms with Crippen molar-refractivity contribution in [3.8, 4) is 11.9 Å². The van der Waals surface area contributed by atoms with E-state index < -0.39 is 5.97 Å². The molecule has 20 heavy (non-hydrogen) atoms. The second kappa shape index (κ2) is 4.48. The van der Waals surface area contributed by atoms with Crippen molar-refractivity contribution in [2.24, 2.45) is 0 Å². The first kappa shape index (κ1) is 11.9. The number of hydrogen-bond acceptors (Lipinski definition) is 4. The van der Waals surface area contributed by atoms with Gasteiger partial charge in [0.2, 0.25) is 0 Å². The van der Waals surface area contributed by atoms with Gasteiger partial charge in [-0.1, -0.05) is 18.2 Å². The lowest BCUT2D eigenvalue weighted by Gasteiger charge is -2.04. The third-order valence-corrected chi connectivity index (χ3v) is 2.89. The summed E-state index contributed by atoms with van der Waals surface area (Å²) in [6.07, 6.45) is 2.60. The molecule has 6 heteroatoms. The van der Waals surface area contributed by atoms with Crippen LogP contribution in [-0.4, -0.2) is 25.8 Å². The maximum Gasteiger partial charge on any atom is 0.338 e. The molecule has 1 aromatic carbocycles. The zero-order valence-electron chi connectivity index (χ0n) is 10.2. The van der Waals surface area contributed by atoms with Crippen LogP contribution in [0.15, 0.2) is 42.7 Å². The first-order valence-corrected chi connectivity index (χ1v) is 5.77. The van der Waals surface area contributed by atoms with Crippen LogP contribution in [0.3, 0.4) is 0 Å². The minimum absolute atomic E-state index is 0.0680. The summed E-state index contributed by atoms with van der Waals surface area (Å²) in [7, 11) is 0. The van der Waals surface area contributed by atoms with Crippen molar-refractivity contribution < 1.29 is 9.90 Å². The van der Waals surface area contributed by atoms with E-state index in [0.717, 1.165) is 5.39 Å². The summed E-state index contributed by atoms with van der Waals surface area (Å²) >= 11 is 0. The number of fused-ring (bicyclic) bond motifs is 1. The van der Waals surface area contributed by atoms with E-state index in [2.05, 4.69) is 16.2 Å². The van der Waals surface area contributed by atoms with Crippen LogP contribution in [0, 0.1) is 11.3 Å². The number of hydrogen-bond donors (Lipinski definition) is 1. The Balaban J connectivity index is 2.21. The van der Waals surface area contributed by atoms with E-state index in [4.69, 9.17) is 5.11 Å². The van der Waals surface area contributed by atoms with Crippen LogP contribution in [-0.2, 0) is 0 Å². The standard InChI is InChI=1S/C14H8N4O2/c15-6-9-5-13(17-12-4-2-1-3-11(9)12)18-8-10(7-16-18)14(19)20/h1-5,7-8H,(H,19,20). The largest absolute Gasteiger partial charge is 0.478 e. The van der Waals surface area contributed by atoms with Crippen molar-refractivity contribution in [1.29, 1.82) is 5.26 Å². The summed E-state index contributed by atoms with van der Waals surface area (Å²) < 4.78 is 1.34. The van der Waals surface area contributed by atoms with E-state index >= 15 is 0 Å². The Bertz CT molecular complexity index is 861. The van der Waals surface area contributed by atoms with Crippen LogP contribution >= 0.6 is 0 Å². The number of aromatic nitrogens is 3.